The van der Waals surface area contributed by atoms with Crippen LogP contribution >= 0.6 is 11.8 Å². The first-order valence-corrected chi connectivity index (χ1v) is 14.6. The van der Waals surface area contributed by atoms with Crippen LogP contribution in [0.3, 0.4) is 0 Å². The Labute approximate surface area is 174 Å². The van der Waals surface area contributed by atoms with Gasteiger partial charge in [-0.2, -0.15) is 11.8 Å². The van der Waals surface area contributed by atoms with E-state index in [1.165, 1.54) is 37.9 Å². The van der Waals surface area contributed by atoms with Crippen LogP contribution in [0.4, 0.5) is 0 Å². The van der Waals surface area contributed by atoms with E-state index in [1.54, 1.807) is 6.92 Å². The average Bonchev–Trinajstić information content (AvgIpc) is 3.39. The summed E-state index contributed by atoms with van der Waals surface area (Å²) in [6.07, 6.45) is 8.24. The Balaban J connectivity index is 0.000000181. The summed E-state index contributed by atoms with van der Waals surface area (Å²) in [7, 11) is -3.09. The van der Waals surface area contributed by atoms with Crippen molar-refractivity contribution < 1.29 is 17.4 Å². The van der Waals surface area contributed by atoms with Crippen molar-refractivity contribution in [1.29, 1.82) is 0 Å². The molecule has 0 aromatic carbocycles. The van der Waals surface area contributed by atoms with E-state index in [2.05, 4.69) is 32.5 Å². The molecule has 0 saturated carbocycles. The minimum atomic E-state index is -2.62. The van der Waals surface area contributed by atoms with Crippen LogP contribution in [0.5, 0.6) is 0 Å². The summed E-state index contributed by atoms with van der Waals surface area (Å²) >= 11 is 2.10. The third-order valence-electron chi connectivity index (χ3n) is 5.37. The first-order valence-electron chi connectivity index (χ1n) is 10.5. The van der Waals surface area contributed by atoms with Crippen LogP contribution in [0.25, 0.3) is 0 Å². The zero-order valence-corrected chi connectivity index (χ0v) is 20.1. The van der Waals surface area contributed by atoms with Gasteiger partial charge in [0, 0.05) is 40.3 Å². The Morgan fingerprint density at radius 1 is 0.963 bits per heavy atom. The van der Waals surface area contributed by atoms with Gasteiger partial charge in [-0.15, -0.1) is 0 Å². The molecule has 162 valence electrons. The molecule has 7 heteroatoms. The molecule has 4 heterocycles. The molecule has 5 unspecified atom stereocenters. The fourth-order valence-electron chi connectivity index (χ4n) is 3.19. The van der Waals surface area contributed by atoms with E-state index in [1.807, 2.05) is 0 Å². The lowest BCUT2D eigenvalue weighted by molar-refractivity contribution is 0.188. The molecule has 0 N–H and O–H groups in total. The molecule has 27 heavy (non-hydrogen) atoms. The van der Waals surface area contributed by atoms with Crippen molar-refractivity contribution >= 4 is 32.4 Å². The predicted molar refractivity (Wildman–Crippen MR) is 120 cm³/mol. The summed E-state index contributed by atoms with van der Waals surface area (Å²) in [5.41, 5.74) is 0. The topological polar surface area (TPSA) is 60.4 Å². The van der Waals surface area contributed by atoms with Crippen molar-refractivity contribution in [2.24, 2.45) is 5.92 Å². The second kappa shape index (κ2) is 13.6. The highest BCUT2D eigenvalue weighted by molar-refractivity contribution is 8.00. The van der Waals surface area contributed by atoms with Gasteiger partial charge in [-0.3, -0.25) is 4.21 Å². The number of hydrogen-bond acceptors (Lipinski definition) is 5. The fraction of sp³-hybridized carbons (Fsp3) is 1.00. The predicted octanol–water partition coefficient (Wildman–Crippen LogP) is 4.45. The van der Waals surface area contributed by atoms with Crippen LogP contribution in [0.15, 0.2) is 0 Å². The van der Waals surface area contributed by atoms with Gasteiger partial charge in [0.2, 0.25) is 0 Å². The van der Waals surface area contributed by atoms with Gasteiger partial charge in [0.1, 0.15) is 0 Å². The Kier molecular flexibility index (Phi) is 12.8. The van der Waals surface area contributed by atoms with Crippen molar-refractivity contribution in [3.63, 3.8) is 0 Å². The van der Waals surface area contributed by atoms with Gasteiger partial charge in [-0.05, 0) is 63.5 Å². The zero-order chi connectivity index (χ0) is 20.3. The largest absolute Gasteiger partial charge is 0.381 e. The van der Waals surface area contributed by atoms with E-state index in [0.29, 0.717) is 11.0 Å². The molecule has 4 nitrogen and oxygen atoms in total. The third kappa shape index (κ3) is 11.2. The fourth-order valence-corrected chi connectivity index (χ4v) is 7.04. The van der Waals surface area contributed by atoms with Crippen LogP contribution in [0, 0.1) is 5.92 Å². The zero-order valence-electron chi connectivity index (χ0n) is 17.7. The smallest absolute Gasteiger partial charge is 0.152 e. The maximum absolute atomic E-state index is 10.8. The van der Waals surface area contributed by atoms with E-state index in [9.17, 15) is 12.6 Å². The van der Waals surface area contributed by atoms with Crippen molar-refractivity contribution in [2.75, 3.05) is 30.5 Å². The van der Waals surface area contributed by atoms with Gasteiger partial charge in [0.15, 0.2) is 9.84 Å². The van der Waals surface area contributed by atoms with Crippen molar-refractivity contribution in [2.45, 2.75) is 88.4 Å². The highest BCUT2D eigenvalue weighted by atomic mass is 32.2. The van der Waals surface area contributed by atoms with Gasteiger partial charge in [-0.25, -0.2) is 8.42 Å². The third-order valence-corrected chi connectivity index (χ3v) is 10.8. The van der Waals surface area contributed by atoms with Gasteiger partial charge < -0.3 is 4.74 Å². The molecule has 4 aliphatic heterocycles. The van der Waals surface area contributed by atoms with Crippen LogP contribution in [0.2, 0.25) is 0 Å². The molecule has 0 radical (unpaired) electrons. The Morgan fingerprint density at radius 3 is 1.85 bits per heavy atom. The highest BCUT2D eigenvalue weighted by Crippen LogP contribution is 2.24. The first-order chi connectivity index (χ1) is 12.7. The molecule has 4 saturated heterocycles. The summed E-state index contributed by atoms with van der Waals surface area (Å²) < 4.78 is 37.3. The molecule has 0 aromatic rings. The first kappa shape index (κ1) is 25.4. The normalized spacial score (nSPS) is 36.7. The van der Waals surface area contributed by atoms with E-state index in [4.69, 9.17) is 4.74 Å². The lowest BCUT2D eigenvalue weighted by atomic mass is 10.2. The van der Waals surface area contributed by atoms with E-state index in [-0.39, 0.29) is 5.25 Å². The molecule has 5 atom stereocenters. The molecule has 0 spiro atoms. The highest BCUT2D eigenvalue weighted by Gasteiger charge is 2.26. The maximum Gasteiger partial charge on any atom is 0.152 e. The minimum absolute atomic E-state index is 0.0671. The second-order valence-corrected chi connectivity index (χ2v) is 14.2. The monoisotopic (exact) mass is 440 g/mol. The van der Waals surface area contributed by atoms with Crippen LogP contribution in [-0.4, -0.2) is 58.8 Å². The van der Waals surface area contributed by atoms with Crippen molar-refractivity contribution in [1.82, 2.24) is 0 Å². The van der Waals surface area contributed by atoms with Gasteiger partial charge in [0.25, 0.3) is 0 Å². The summed E-state index contributed by atoms with van der Waals surface area (Å²) in [5, 5.41) is 1.38. The lowest BCUT2D eigenvalue weighted by Gasteiger charge is -1.96. The number of thioether (sulfide) groups is 1. The molecular weight excluding hydrogens is 400 g/mol. The van der Waals surface area contributed by atoms with Gasteiger partial charge >= 0.3 is 0 Å². The van der Waals surface area contributed by atoms with Crippen LogP contribution in [0.1, 0.15) is 72.6 Å². The molecular formula is C20H40O4S3. The molecule has 0 amide bonds. The number of ether oxygens (including phenoxy) is 1. The molecule has 4 aliphatic rings. The molecule has 4 fully saturated rings. The Hall–Kier alpha value is 0.410. The van der Waals surface area contributed by atoms with Crippen molar-refractivity contribution in [3.8, 4) is 0 Å². The Morgan fingerprint density at radius 2 is 1.70 bits per heavy atom. The number of hydrogen-bond donors (Lipinski definition) is 0. The maximum atomic E-state index is 10.8. The SMILES string of the molecule is CC1CCCS1.CC1CCCS1(=O)=O.CC1CCCS1=O.CC1CCOC1. The van der Waals surface area contributed by atoms with E-state index in [0.717, 1.165) is 43.0 Å². The lowest BCUT2D eigenvalue weighted by Crippen LogP contribution is -2.10. The number of rotatable bonds is 0. The Bertz CT molecular complexity index is 495. The second-order valence-electron chi connectivity index (χ2n) is 8.15. The van der Waals surface area contributed by atoms with Crippen LogP contribution in [-0.2, 0) is 25.4 Å². The summed E-state index contributed by atoms with van der Waals surface area (Å²) in [6.45, 7) is 10.3. The van der Waals surface area contributed by atoms with Gasteiger partial charge in [0.05, 0.1) is 11.0 Å². The summed E-state index contributed by atoms with van der Waals surface area (Å²) in [4.78, 5) is 0. The quantitative estimate of drug-likeness (QED) is 0.557. The summed E-state index contributed by atoms with van der Waals surface area (Å²) in [6, 6.07) is 0. The molecule has 0 bridgehead atoms. The number of sulfone groups is 1. The average molecular weight is 441 g/mol. The standard InChI is InChI=1S/C5H10O2S.C5H10OS.C5H10O.C5H10S/c1-5-3-2-4-8(5,6)7;1-5-3-2-4-7(5)6;1-5-2-3-6-4-5;1-5-3-2-4-6-5/h5H,2-4H2,1H3;5H,2-4H2,1H3;2*5H,2-4H2,1H3. The van der Waals surface area contributed by atoms with E-state index >= 15 is 0 Å². The minimum Gasteiger partial charge on any atom is -0.381 e. The van der Waals surface area contributed by atoms with E-state index < -0.39 is 20.6 Å². The van der Waals surface area contributed by atoms with Crippen molar-refractivity contribution in [3.05, 3.63) is 0 Å². The molecule has 0 aliphatic carbocycles. The summed E-state index contributed by atoms with van der Waals surface area (Å²) in [5.74, 6) is 3.58. The molecule has 4 rings (SSSR count). The van der Waals surface area contributed by atoms with Gasteiger partial charge in [-0.1, -0.05) is 20.8 Å². The van der Waals surface area contributed by atoms with Crippen LogP contribution < -0.4 is 0 Å². The molecule has 0 aromatic heterocycles.